The summed E-state index contributed by atoms with van der Waals surface area (Å²) in [4.78, 5) is 39.4. The Morgan fingerprint density at radius 1 is 1.23 bits per heavy atom. The SMILES string of the molecule is C[C@@H]1[C@H](c2ccccc2)OC(=O)N1C1CCN(C(=O)c2cnn(C)c2[N+](=O)[O-])CC1. The molecule has 0 spiro atoms. The van der Waals surface area contributed by atoms with Crippen molar-refractivity contribution < 1.29 is 19.2 Å². The largest absolute Gasteiger partial charge is 0.439 e. The van der Waals surface area contributed by atoms with Gasteiger partial charge in [0, 0.05) is 19.1 Å². The number of aromatic nitrogens is 2. The van der Waals surface area contributed by atoms with Gasteiger partial charge in [-0.1, -0.05) is 35.4 Å². The smallest absolute Gasteiger partial charge is 0.411 e. The van der Waals surface area contributed by atoms with E-state index in [9.17, 15) is 19.7 Å². The van der Waals surface area contributed by atoms with E-state index in [1.54, 1.807) is 9.80 Å². The summed E-state index contributed by atoms with van der Waals surface area (Å²) >= 11 is 0. The van der Waals surface area contributed by atoms with Gasteiger partial charge in [-0.3, -0.25) is 9.69 Å². The fourth-order valence-electron chi connectivity index (χ4n) is 4.37. The molecule has 0 unspecified atom stereocenters. The lowest BCUT2D eigenvalue weighted by molar-refractivity contribution is -0.392. The van der Waals surface area contributed by atoms with Gasteiger partial charge >= 0.3 is 11.9 Å². The molecule has 2 saturated heterocycles. The predicted octanol–water partition coefficient (Wildman–Crippen LogP) is 2.51. The Kier molecular flexibility index (Phi) is 5.15. The minimum absolute atomic E-state index is 0.0148. The van der Waals surface area contributed by atoms with Gasteiger partial charge in [0.1, 0.15) is 13.2 Å². The average Bonchev–Trinajstić information content (AvgIpc) is 3.27. The molecule has 2 aliphatic heterocycles. The van der Waals surface area contributed by atoms with E-state index in [4.69, 9.17) is 4.74 Å². The molecular formula is C20H23N5O5. The summed E-state index contributed by atoms with van der Waals surface area (Å²) in [5.41, 5.74) is 0.941. The molecule has 0 bridgehead atoms. The van der Waals surface area contributed by atoms with Crippen LogP contribution in [0.25, 0.3) is 0 Å². The van der Waals surface area contributed by atoms with Crippen molar-refractivity contribution in [1.29, 1.82) is 0 Å². The maximum absolute atomic E-state index is 12.8. The third-order valence-electron chi connectivity index (χ3n) is 5.90. The number of cyclic esters (lactones) is 1. The molecule has 2 aromatic rings. The molecule has 2 amide bonds. The highest BCUT2D eigenvalue weighted by molar-refractivity contribution is 5.97. The molecule has 0 saturated carbocycles. The number of likely N-dealkylation sites (tertiary alicyclic amines) is 1. The second-order valence-corrected chi connectivity index (χ2v) is 7.65. The second-order valence-electron chi connectivity index (χ2n) is 7.65. The van der Waals surface area contributed by atoms with Crippen molar-refractivity contribution >= 4 is 17.8 Å². The summed E-state index contributed by atoms with van der Waals surface area (Å²) in [5.74, 6) is -0.725. The zero-order valence-electron chi connectivity index (χ0n) is 16.8. The van der Waals surface area contributed by atoms with Crippen LogP contribution in [0.3, 0.4) is 0 Å². The van der Waals surface area contributed by atoms with E-state index in [1.807, 2.05) is 37.3 Å². The molecule has 158 valence electrons. The van der Waals surface area contributed by atoms with E-state index in [-0.39, 0.29) is 35.7 Å². The summed E-state index contributed by atoms with van der Waals surface area (Å²) in [7, 11) is 1.44. The van der Waals surface area contributed by atoms with E-state index in [1.165, 1.54) is 13.2 Å². The Morgan fingerprint density at radius 3 is 2.53 bits per heavy atom. The molecule has 0 radical (unpaired) electrons. The molecule has 0 aliphatic carbocycles. The van der Waals surface area contributed by atoms with E-state index in [0.717, 1.165) is 10.2 Å². The molecule has 4 rings (SSSR count). The number of nitrogens with zero attached hydrogens (tertiary/aromatic N) is 5. The van der Waals surface area contributed by atoms with E-state index in [2.05, 4.69) is 5.10 Å². The fraction of sp³-hybridized carbons (Fsp3) is 0.450. The maximum atomic E-state index is 12.8. The number of hydrogen-bond donors (Lipinski definition) is 0. The number of benzene rings is 1. The first-order valence-electron chi connectivity index (χ1n) is 9.88. The fourth-order valence-corrected chi connectivity index (χ4v) is 4.37. The highest BCUT2D eigenvalue weighted by atomic mass is 16.6. The lowest BCUT2D eigenvalue weighted by atomic mass is 9.98. The summed E-state index contributed by atoms with van der Waals surface area (Å²) in [6, 6.07) is 9.48. The monoisotopic (exact) mass is 413 g/mol. The topological polar surface area (TPSA) is 111 Å². The van der Waals surface area contributed by atoms with Crippen LogP contribution in [0.4, 0.5) is 10.6 Å². The van der Waals surface area contributed by atoms with Crippen LogP contribution in [0.2, 0.25) is 0 Å². The Bertz CT molecular complexity index is 967. The number of hydrogen-bond acceptors (Lipinski definition) is 6. The number of aryl methyl sites for hydroxylation is 1. The number of amides is 2. The lowest BCUT2D eigenvalue weighted by Crippen LogP contribution is -2.49. The first-order valence-corrected chi connectivity index (χ1v) is 9.88. The van der Waals surface area contributed by atoms with Crippen molar-refractivity contribution in [2.24, 2.45) is 7.05 Å². The molecule has 10 nitrogen and oxygen atoms in total. The van der Waals surface area contributed by atoms with E-state index in [0.29, 0.717) is 25.9 Å². The lowest BCUT2D eigenvalue weighted by Gasteiger charge is -2.37. The van der Waals surface area contributed by atoms with Gasteiger partial charge in [0.15, 0.2) is 5.56 Å². The molecule has 30 heavy (non-hydrogen) atoms. The van der Waals surface area contributed by atoms with Gasteiger partial charge in [0.2, 0.25) is 0 Å². The Labute approximate surface area is 173 Å². The van der Waals surface area contributed by atoms with E-state index < -0.39 is 10.8 Å². The normalized spacial score (nSPS) is 22.3. The maximum Gasteiger partial charge on any atom is 0.411 e. The molecule has 3 heterocycles. The molecule has 2 aliphatic rings. The Hall–Kier alpha value is -3.43. The quantitative estimate of drug-likeness (QED) is 0.563. The number of piperidine rings is 1. The first-order chi connectivity index (χ1) is 14.4. The number of nitro groups is 1. The predicted molar refractivity (Wildman–Crippen MR) is 106 cm³/mol. The van der Waals surface area contributed by atoms with Crippen molar-refractivity contribution in [2.75, 3.05) is 13.1 Å². The van der Waals surface area contributed by atoms with Crippen LogP contribution in [0.1, 0.15) is 41.8 Å². The number of carbonyl (C=O) groups excluding carboxylic acids is 2. The van der Waals surface area contributed by atoms with Crippen molar-refractivity contribution in [1.82, 2.24) is 19.6 Å². The minimum Gasteiger partial charge on any atom is -0.439 e. The molecular weight excluding hydrogens is 390 g/mol. The molecule has 10 heteroatoms. The van der Waals surface area contributed by atoms with Gasteiger partial charge < -0.3 is 19.8 Å². The average molecular weight is 413 g/mol. The van der Waals surface area contributed by atoms with Crippen LogP contribution in [0.15, 0.2) is 36.5 Å². The summed E-state index contributed by atoms with van der Waals surface area (Å²) < 4.78 is 6.72. The van der Waals surface area contributed by atoms with Crippen LogP contribution >= 0.6 is 0 Å². The van der Waals surface area contributed by atoms with Crippen LogP contribution in [0.5, 0.6) is 0 Å². The van der Waals surface area contributed by atoms with Crippen molar-refractivity contribution in [3.05, 3.63) is 57.8 Å². The Morgan fingerprint density at radius 2 is 1.90 bits per heavy atom. The second kappa shape index (κ2) is 7.77. The number of carbonyl (C=O) groups is 2. The number of ether oxygens (including phenoxy) is 1. The summed E-state index contributed by atoms with van der Waals surface area (Å²) in [5, 5.41) is 15.1. The van der Waals surface area contributed by atoms with E-state index >= 15 is 0 Å². The molecule has 2 fully saturated rings. The highest BCUT2D eigenvalue weighted by Crippen LogP contribution is 2.36. The van der Waals surface area contributed by atoms with Crippen LogP contribution in [-0.4, -0.2) is 61.7 Å². The van der Waals surface area contributed by atoms with Gasteiger partial charge in [0.25, 0.3) is 5.91 Å². The van der Waals surface area contributed by atoms with Gasteiger partial charge in [-0.25, -0.2) is 4.79 Å². The van der Waals surface area contributed by atoms with Crippen molar-refractivity contribution in [2.45, 2.75) is 38.0 Å². The zero-order valence-corrected chi connectivity index (χ0v) is 16.8. The molecule has 2 atom stereocenters. The third kappa shape index (κ3) is 3.38. The molecule has 1 aromatic heterocycles. The van der Waals surface area contributed by atoms with Gasteiger partial charge in [0.05, 0.1) is 12.2 Å². The summed E-state index contributed by atoms with van der Waals surface area (Å²) in [6.07, 6.45) is 1.73. The zero-order chi connectivity index (χ0) is 21.4. The van der Waals surface area contributed by atoms with Crippen LogP contribution in [0, 0.1) is 10.1 Å². The van der Waals surface area contributed by atoms with Crippen LogP contribution in [-0.2, 0) is 11.8 Å². The Balaban J connectivity index is 1.43. The van der Waals surface area contributed by atoms with Gasteiger partial charge in [-0.05, 0) is 30.3 Å². The standard InChI is InChI=1S/C20H23N5O5/c1-13-17(14-6-4-3-5-7-14)30-20(27)24(13)15-8-10-23(11-9-15)19(26)16-12-21-22(2)18(16)25(28)29/h3-7,12-13,15,17H,8-11H2,1-2H3/t13-,17-/m1/s1. The molecule has 1 aromatic carbocycles. The summed E-state index contributed by atoms with van der Waals surface area (Å²) in [6.45, 7) is 2.78. The van der Waals surface area contributed by atoms with Gasteiger partial charge in [-0.2, -0.15) is 0 Å². The minimum atomic E-state index is -0.599. The van der Waals surface area contributed by atoms with Crippen molar-refractivity contribution in [3.8, 4) is 0 Å². The van der Waals surface area contributed by atoms with Crippen LogP contribution < -0.4 is 0 Å². The third-order valence-corrected chi connectivity index (χ3v) is 5.90. The first kappa shape index (κ1) is 19.9. The highest BCUT2D eigenvalue weighted by Gasteiger charge is 2.44. The van der Waals surface area contributed by atoms with Gasteiger partial charge in [-0.15, -0.1) is 4.68 Å². The molecule has 0 N–H and O–H groups in total. The number of rotatable bonds is 4. The van der Waals surface area contributed by atoms with Crippen molar-refractivity contribution in [3.63, 3.8) is 0 Å².